The minimum Gasteiger partial charge on any atom is -0.485 e. The first-order valence-electron chi connectivity index (χ1n) is 9.99. The molecule has 1 unspecified atom stereocenters. The Morgan fingerprint density at radius 2 is 1.97 bits per heavy atom. The Balaban J connectivity index is 1.57. The van der Waals surface area contributed by atoms with Crippen molar-refractivity contribution in [2.24, 2.45) is 5.73 Å². The van der Waals surface area contributed by atoms with Gasteiger partial charge in [0, 0.05) is 42.0 Å². The number of hydrogen-bond acceptors (Lipinski definition) is 5. The summed E-state index contributed by atoms with van der Waals surface area (Å²) in [5.74, 6) is -1.25. The van der Waals surface area contributed by atoms with Gasteiger partial charge in [0.15, 0.2) is 11.6 Å². The largest absolute Gasteiger partial charge is 0.485 e. The standard InChI is InChI=1S/C23H21ClF2N4O2/c24-21-17(18(25)4-5-19(21)26)12-32-20-9-15(10-29-22(20)28)13-2-1-3-14(8-13)23(31)30-7-6-16(27)11-30/h1-5,8-10,16H,6-7,11-12,27H2,(H2,28,29). The van der Waals surface area contributed by atoms with E-state index in [0.717, 1.165) is 24.1 Å². The van der Waals surface area contributed by atoms with Crippen molar-refractivity contribution in [1.29, 1.82) is 0 Å². The van der Waals surface area contributed by atoms with Gasteiger partial charge in [0.05, 0.1) is 5.02 Å². The number of aromatic nitrogens is 1. The smallest absolute Gasteiger partial charge is 0.253 e. The van der Waals surface area contributed by atoms with Gasteiger partial charge in [-0.2, -0.15) is 0 Å². The van der Waals surface area contributed by atoms with Crippen LogP contribution in [0.5, 0.6) is 5.75 Å². The minimum atomic E-state index is -0.744. The lowest BCUT2D eigenvalue weighted by molar-refractivity contribution is 0.0791. The molecule has 3 aromatic rings. The Morgan fingerprint density at radius 3 is 2.72 bits per heavy atom. The number of ether oxygens (including phenoxy) is 1. The number of carbonyl (C=O) groups excluding carboxylic acids is 1. The highest BCUT2D eigenvalue weighted by atomic mass is 35.5. The van der Waals surface area contributed by atoms with Crippen LogP contribution >= 0.6 is 11.6 Å². The fraction of sp³-hybridized carbons (Fsp3) is 0.217. The van der Waals surface area contributed by atoms with Gasteiger partial charge in [-0.3, -0.25) is 4.79 Å². The van der Waals surface area contributed by atoms with Crippen LogP contribution in [-0.2, 0) is 6.61 Å². The molecule has 1 aliphatic rings. The van der Waals surface area contributed by atoms with Crippen LogP contribution in [-0.4, -0.2) is 34.9 Å². The second-order valence-corrected chi connectivity index (χ2v) is 7.98. The molecule has 0 spiro atoms. The number of pyridine rings is 1. The van der Waals surface area contributed by atoms with Crippen molar-refractivity contribution < 1.29 is 18.3 Å². The third-order valence-electron chi connectivity index (χ3n) is 5.35. The number of carbonyl (C=O) groups is 1. The summed E-state index contributed by atoms with van der Waals surface area (Å²) in [6, 6.07) is 10.7. The second-order valence-electron chi connectivity index (χ2n) is 7.60. The van der Waals surface area contributed by atoms with Crippen molar-refractivity contribution >= 4 is 23.3 Å². The number of nitrogen functional groups attached to an aromatic ring is 1. The van der Waals surface area contributed by atoms with E-state index in [1.807, 2.05) is 6.07 Å². The zero-order chi connectivity index (χ0) is 22.8. The Labute approximate surface area is 188 Å². The SMILES string of the molecule is Nc1ncc(-c2cccc(C(=O)N3CCC(N)C3)c2)cc1OCc1c(F)ccc(F)c1Cl. The van der Waals surface area contributed by atoms with Crippen molar-refractivity contribution in [1.82, 2.24) is 9.88 Å². The number of nitrogens with two attached hydrogens (primary N) is 2. The third-order valence-corrected chi connectivity index (χ3v) is 5.76. The van der Waals surface area contributed by atoms with Gasteiger partial charge in [0.2, 0.25) is 0 Å². The van der Waals surface area contributed by atoms with Gasteiger partial charge in [-0.25, -0.2) is 13.8 Å². The van der Waals surface area contributed by atoms with Gasteiger partial charge >= 0.3 is 0 Å². The van der Waals surface area contributed by atoms with Crippen LogP contribution in [0, 0.1) is 11.6 Å². The molecule has 9 heteroatoms. The maximum Gasteiger partial charge on any atom is 0.253 e. The van der Waals surface area contributed by atoms with Crippen molar-refractivity contribution in [3.63, 3.8) is 0 Å². The van der Waals surface area contributed by atoms with Crippen LogP contribution in [0.15, 0.2) is 48.7 Å². The summed E-state index contributed by atoms with van der Waals surface area (Å²) in [4.78, 5) is 18.6. The average molecular weight is 459 g/mol. The molecule has 6 nitrogen and oxygen atoms in total. The highest BCUT2D eigenvalue weighted by Gasteiger charge is 2.24. The van der Waals surface area contributed by atoms with Crippen molar-refractivity contribution in [2.75, 3.05) is 18.8 Å². The first-order valence-corrected chi connectivity index (χ1v) is 10.4. The Bertz CT molecular complexity index is 1170. The summed E-state index contributed by atoms with van der Waals surface area (Å²) < 4.78 is 33.3. The molecular formula is C23H21ClF2N4O2. The Kier molecular flexibility index (Phi) is 6.25. The summed E-state index contributed by atoms with van der Waals surface area (Å²) in [6.07, 6.45) is 2.33. The van der Waals surface area contributed by atoms with E-state index in [0.29, 0.717) is 24.2 Å². The molecule has 1 saturated heterocycles. The summed E-state index contributed by atoms with van der Waals surface area (Å²) >= 11 is 5.86. The van der Waals surface area contributed by atoms with Crippen molar-refractivity contribution in [3.05, 3.63) is 76.4 Å². The lowest BCUT2D eigenvalue weighted by Crippen LogP contribution is -2.31. The zero-order valence-electron chi connectivity index (χ0n) is 17.0. The van der Waals surface area contributed by atoms with E-state index >= 15 is 0 Å². The molecule has 166 valence electrons. The molecule has 0 bridgehead atoms. The fourth-order valence-corrected chi connectivity index (χ4v) is 3.77. The molecule has 2 heterocycles. The van der Waals surface area contributed by atoms with E-state index in [1.165, 1.54) is 0 Å². The summed E-state index contributed by atoms with van der Waals surface area (Å²) in [5, 5.41) is -0.347. The first-order chi connectivity index (χ1) is 15.3. The van der Waals surface area contributed by atoms with Gasteiger partial charge in [0.25, 0.3) is 5.91 Å². The normalized spacial score (nSPS) is 15.8. The molecule has 0 aliphatic carbocycles. The zero-order valence-corrected chi connectivity index (χ0v) is 17.8. The first kappa shape index (κ1) is 22.0. The molecule has 1 amide bonds. The van der Waals surface area contributed by atoms with E-state index in [4.69, 9.17) is 27.8 Å². The van der Waals surface area contributed by atoms with Crippen LogP contribution in [0.2, 0.25) is 5.02 Å². The average Bonchev–Trinajstić information content (AvgIpc) is 3.23. The van der Waals surface area contributed by atoms with Gasteiger partial charge in [-0.15, -0.1) is 0 Å². The molecule has 32 heavy (non-hydrogen) atoms. The van der Waals surface area contributed by atoms with Crippen LogP contribution in [0.25, 0.3) is 11.1 Å². The molecule has 1 aliphatic heterocycles. The predicted octanol–water partition coefficient (Wildman–Crippen LogP) is 4.01. The second kappa shape index (κ2) is 9.10. The molecule has 1 aromatic heterocycles. The monoisotopic (exact) mass is 458 g/mol. The maximum absolute atomic E-state index is 14.0. The van der Waals surface area contributed by atoms with Crippen LogP contribution in [0.4, 0.5) is 14.6 Å². The molecule has 2 aromatic carbocycles. The third kappa shape index (κ3) is 4.51. The number of likely N-dealkylation sites (tertiary alicyclic amines) is 1. The number of hydrogen-bond donors (Lipinski definition) is 2. The number of anilines is 1. The summed E-state index contributed by atoms with van der Waals surface area (Å²) in [5.41, 5.74) is 13.6. The quantitative estimate of drug-likeness (QED) is 0.563. The van der Waals surface area contributed by atoms with Crippen molar-refractivity contribution in [3.8, 4) is 16.9 Å². The van der Waals surface area contributed by atoms with Gasteiger partial charge in [-0.05, 0) is 42.3 Å². The van der Waals surface area contributed by atoms with Crippen LogP contribution in [0.1, 0.15) is 22.3 Å². The summed E-state index contributed by atoms with van der Waals surface area (Å²) in [7, 11) is 0. The van der Waals surface area contributed by atoms with Gasteiger partial charge < -0.3 is 21.1 Å². The molecule has 1 atom stereocenters. The number of amides is 1. The lowest BCUT2D eigenvalue weighted by Gasteiger charge is -2.16. The van der Waals surface area contributed by atoms with Crippen LogP contribution in [0.3, 0.4) is 0 Å². The predicted molar refractivity (Wildman–Crippen MR) is 118 cm³/mol. The van der Waals surface area contributed by atoms with Gasteiger partial charge in [-0.1, -0.05) is 23.7 Å². The van der Waals surface area contributed by atoms with E-state index in [1.54, 1.807) is 35.4 Å². The molecular weight excluding hydrogens is 438 g/mol. The summed E-state index contributed by atoms with van der Waals surface area (Å²) in [6.45, 7) is 0.833. The Morgan fingerprint density at radius 1 is 1.19 bits per heavy atom. The highest BCUT2D eigenvalue weighted by molar-refractivity contribution is 6.31. The number of rotatable bonds is 5. The molecule has 0 saturated carbocycles. The number of nitrogens with zero attached hydrogens (tertiary/aromatic N) is 2. The van der Waals surface area contributed by atoms with E-state index in [-0.39, 0.29) is 40.7 Å². The molecule has 0 radical (unpaired) electrons. The van der Waals surface area contributed by atoms with Crippen LogP contribution < -0.4 is 16.2 Å². The van der Waals surface area contributed by atoms with E-state index < -0.39 is 11.6 Å². The topological polar surface area (TPSA) is 94.5 Å². The molecule has 4 N–H and O–H groups in total. The number of halogens is 3. The van der Waals surface area contributed by atoms with E-state index in [2.05, 4.69) is 4.98 Å². The minimum absolute atomic E-state index is 0.000400. The van der Waals surface area contributed by atoms with Crippen molar-refractivity contribution in [2.45, 2.75) is 19.1 Å². The molecule has 1 fully saturated rings. The van der Waals surface area contributed by atoms with E-state index in [9.17, 15) is 13.6 Å². The lowest BCUT2D eigenvalue weighted by atomic mass is 10.0. The molecule has 4 rings (SSSR count). The maximum atomic E-state index is 14.0. The van der Waals surface area contributed by atoms with Gasteiger partial charge in [0.1, 0.15) is 18.2 Å². The number of benzene rings is 2. The Hall–Kier alpha value is -3.23. The fourth-order valence-electron chi connectivity index (χ4n) is 3.57. The highest BCUT2D eigenvalue weighted by Crippen LogP contribution is 2.30.